The average molecular weight is 477 g/mol. The van der Waals surface area contributed by atoms with E-state index in [0.717, 1.165) is 16.3 Å². The molecule has 0 saturated carbocycles. The molecule has 0 aliphatic rings. The number of aromatic nitrogens is 1. The van der Waals surface area contributed by atoms with Gasteiger partial charge in [0.25, 0.3) is 0 Å². The fraction of sp³-hybridized carbons (Fsp3) is 0.520. The number of hydrogen-bond donors (Lipinski definition) is 1. The van der Waals surface area contributed by atoms with Gasteiger partial charge in [-0.05, 0) is 43.0 Å². The summed E-state index contributed by atoms with van der Waals surface area (Å²) in [5, 5.41) is 3.53. The normalized spacial score (nSPS) is 11.0. The molecule has 2 rings (SSSR count). The van der Waals surface area contributed by atoms with Gasteiger partial charge in [0, 0.05) is 56.8 Å². The molecule has 1 aromatic heterocycles. The van der Waals surface area contributed by atoms with Crippen molar-refractivity contribution in [3.63, 3.8) is 0 Å². The number of rotatable bonds is 13. The molecule has 7 nitrogen and oxygen atoms in total. The molecule has 0 aliphatic heterocycles. The van der Waals surface area contributed by atoms with E-state index in [2.05, 4.69) is 23.7 Å². The maximum Gasteiger partial charge on any atom is 0.317 e. The van der Waals surface area contributed by atoms with Crippen molar-refractivity contribution in [1.82, 2.24) is 19.7 Å². The first-order valence-electron chi connectivity index (χ1n) is 11.5. The van der Waals surface area contributed by atoms with E-state index < -0.39 is 0 Å². The van der Waals surface area contributed by atoms with Crippen LogP contribution in [0, 0.1) is 5.92 Å². The van der Waals surface area contributed by atoms with Crippen LogP contribution in [-0.2, 0) is 22.6 Å². The zero-order valence-electron chi connectivity index (χ0n) is 20.2. The van der Waals surface area contributed by atoms with Gasteiger partial charge in [0.2, 0.25) is 5.91 Å². The van der Waals surface area contributed by atoms with Gasteiger partial charge in [-0.15, -0.1) is 0 Å². The van der Waals surface area contributed by atoms with Crippen molar-refractivity contribution >= 4 is 23.5 Å². The lowest BCUT2D eigenvalue weighted by molar-refractivity contribution is -0.133. The fourth-order valence-corrected chi connectivity index (χ4v) is 3.82. The zero-order chi connectivity index (χ0) is 24.2. The maximum atomic E-state index is 13.3. The lowest BCUT2D eigenvalue weighted by Crippen LogP contribution is -2.47. The van der Waals surface area contributed by atoms with E-state index in [9.17, 15) is 9.59 Å². The van der Waals surface area contributed by atoms with E-state index >= 15 is 0 Å². The molecule has 1 N–H and O–H groups in total. The average Bonchev–Trinajstić information content (AvgIpc) is 3.20. The Labute approximate surface area is 202 Å². The Hall–Kier alpha value is -2.51. The summed E-state index contributed by atoms with van der Waals surface area (Å²) in [6, 6.07) is 11.6. The van der Waals surface area contributed by atoms with Crippen molar-refractivity contribution in [1.29, 1.82) is 0 Å². The minimum atomic E-state index is -0.228. The second-order valence-corrected chi connectivity index (χ2v) is 8.90. The molecule has 0 fully saturated rings. The van der Waals surface area contributed by atoms with Crippen molar-refractivity contribution < 1.29 is 14.3 Å². The number of carbonyl (C=O) groups is 2. The highest BCUT2D eigenvalue weighted by atomic mass is 35.5. The standard InChI is InChI=1S/C25H37ClN4O3/c1-5-27-25(32)29(14-9-15-33-4)19-24(31)30(16-20(2)3)18-22-11-8-13-28(22)17-21-10-6-7-12-23(21)26/h6-8,10-13,20H,5,9,14-19H2,1-4H3,(H,27,32). The van der Waals surface area contributed by atoms with Crippen LogP contribution in [-0.4, -0.2) is 66.2 Å². The molecule has 182 valence electrons. The van der Waals surface area contributed by atoms with Crippen molar-refractivity contribution in [2.75, 3.05) is 39.9 Å². The molecule has 0 saturated heterocycles. The lowest BCUT2D eigenvalue weighted by atomic mass is 10.2. The Morgan fingerprint density at radius 3 is 2.58 bits per heavy atom. The number of ether oxygens (including phenoxy) is 1. The van der Waals surface area contributed by atoms with E-state index in [4.69, 9.17) is 16.3 Å². The molecule has 3 amide bonds. The van der Waals surface area contributed by atoms with Crippen LogP contribution in [0.3, 0.4) is 0 Å². The molecule has 33 heavy (non-hydrogen) atoms. The molecule has 0 unspecified atom stereocenters. The van der Waals surface area contributed by atoms with Crippen LogP contribution in [0.4, 0.5) is 4.79 Å². The number of benzene rings is 1. The fourth-order valence-electron chi connectivity index (χ4n) is 3.63. The van der Waals surface area contributed by atoms with Gasteiger partial charge in [-0.3, -0.25) is 4.79 Å². The summed E-state index contributed by atoms with van der Waals surface area (Å²) in [6.45, 7) is 9.30. The minimum Gasteiger partial charge on any atom is -0.385 e. The quantitative estimate of drug-likeness (QED) is 0.439. The van der Waals surface area contributed by atoms with Crippen LogP contribution in [0.2, 0.25) is 5.02 Å². The van der Waals surface area contributed by atoms with Crippen LogP contribution in [0.1, 0.15) is 38.4 Å². The van der Waals surface area contributed by atoms with Gasteiger partial charge >= 0.3 is 6.03 Å². The van der Waals surface area contributed by atoms with Crippen LogP contribution >= 0.6 is 11.6 Å². The first-order valence-corrected chi connectivity index (χ1v) is 11.9. The molecule has 1 aromatic carbocycles. The SMILES string of the molecule is CCNC(=O)N(CCCOC)CC(=O)N(Cc1cccn1Cc1ccccc1Cl)CC(C)C. The third-order valence-electron chi connectivity index (χ3n) is 5.23. The van der Waals surface area contributed by atoms with Crippen LogP contribution < -0.4 is 5.32 Å². The topological polar surface area (TPSA) is 66.8 Å². The van der Waals surface area contributed by atoms with E-state index in [1.54, 1.807) is 12.0 Å². The third kappa shape index (κ3) is 8.74. The molecule has 2 aromatic rings. The van der Waals surface area contributed by atoms with Gasteiger partial charge in [0.15, 0.2) is 0 Å². The summed E-state index contributed by atoms with van der Waals surface area (Å²) >= 11 is 6.35. The van der Waals surface area contributed by atoms with E-state index in [1.165, 1.54) is 0 Å². The van der Waals surface area contributed by atoms with Gasteiger partial charge in [-0.1, -0.05) is 43.6 Å². The van der Waals surface area contributed by atoms with E-state index in [0.29, 0.717) is 51.7 Å². The molecule has 0 radical (unpaired) electrons. The number of halogens is 1. The van der Waals surface area contributed by atoms with Gasteiger partial charge in [-0.2, -0.15) is 0 Å². The van der Waals surface area contributed by atoms with Crippen LogP contribution in [0.5, 0.6) is 0 Å². The first-order chi connectivity index (χ1) is 15.8. The van der Waals surface area contributed by atoms with Crippen LogP contribution in [0.15, 0.2) is 42.6 Å². The first kappa shape index (κ1) is 26.7. The molecular formula is C25H37ClN4O3. The summed E-state index contributed by atoms with van der Waals surface area (Å²) in [7, 11) is 1.63. The number of nitrogens with one attached hydrogen (secondary N) is 1. The minimum absolute atomic E-state index is 0.0352. The molecule has 1 heterocycles. The Bertz CT molecular complexity index is 884. The number of carbonyl (C=O) groups excluding carboxylic acids is 2. The van der Waals surface area contributed by atoms with Gasteiger partial charge < -0.3 is 24.4 Å². The summed E-state index contributed by atoms with van der Waals surface area (Å²) in [6.07, 6.45) is 2.67. The molecule has 8 heteroatoms. The van der Waals surface area contributed by atoms with Crippen molar-refractivity contribution in [3.8, 4) is 0 Å². The molecule has 0 spiro atoms. The van der Waals surface area contributed by atoms with Crippen LogP contribution in [0.25, 0.3) is 0 Å². The summed E-state index contributed by atoms with van der Waals surface area (Å²) in [4.78, 5) is 29.2. The molecular weight excluding hydrogens is 440 g/mol. The Balaban J connectivity index is 2.15. The lowest BCUT2D eigenvalue weighted by Gasteiger charge is -2.29. The van der Waals surface area contributed by atoms with Crippen molar-refractivity contribution in [3.05, 3.63) is 58.9 Å². The zero-order valence-corrected chi connectivity index (χ0v) is 21.0. The Morgan fingerprint density at radius 1 is 1.15 bits per heavy atom. The predicted octanol–water partition coefficient (Wildman–Crippen LogP) is 4.24. The number of amides is 3. The van der Waals surface area contributed by atoms with E-state index in [1.807, 2.05) is 54.4 Å². The highest BCUT2D eigenvalue weighted by Crippen LogP contribution is 2.18. The highest BCUT2D eigenvalue weighted by Gasteiger charge is 2.22. The summed E-state index contributed by atoms with van der Waals surface area (Å²) < 4.78 is 7.22. The molecule has 0 aliphatic carbocycles. The second kappa shape index (κ2) is 13.9. The molecule has 0 bridgehead atoms. The number of urea groups is 1. The number of nitrogens with zero attached hydrogens (tertiary/aromatic N) is 3. The Morgan fingerprint density at radius 2 is 1.91 bits per heavy atom. The van der Waals surface area contributed by atoms with Gasteiger partial charge in [-0.25, -0.2) is 4.79 Å². The van der Waals surface area contributed by atoms with Crippen molar-refractivity contribution in [2.24, 2.45) is 5.92 Å². The highest BCUT2D eigenvalue weighted by molar-refractivity contribution is 6.31. The summed E-state index contributed by atoms with van der Waals surface area (Å²) in [5.74, 6) is 0.227. The second-order valence-electron chi connectivity index (χ2n) is 8.49. The van der Waals surface area contributed by atoms with E-state index in [-0.39, 0.29) is 18.5 Å². The smallest absolute Gasteiger partial charge is 0.317 e. The maximum absolute atomic E-state index is 13.3. The third-order valence-corrected chi connectivity index (χ3v) is 5.60. The van der Waals surface area contributed by atoms with Gasteiger partial charge in [0.05, 0.1) is 6.54 Å². The predicted molar refractivity (Wildman–Crippen MR) is 132 cm³/mol. The number of hydrogen-bond acceptors (Lipinski definition) is 3. The Kier molecular flexibility index (Phi) is 11.3. The number of methoxy groups -OCH3 is 1. The monoisotopic (exact) mass is 476 g/mol. The molecule has 0 atom stereocenters. The van der Waals surface area contributed by atoms with Gasteiger partial charge in [0.1, 0.15) is 6.54 Å². The largest absolute Gasteiger partial charge is 0.385 e. The summed E-state index contributed by atoms with van der Waals surface area (Å²) in [5.41, 5.74) is 2.05. The van der Waals surface area contributed by atoms with Crippen molar-refractivity contribution in [2.45, 2.75) is 40.3 Å².